The molecule has 0 aliphatic carbocycles. The fourth-order valence-electron chi connectivity index (χ4n) is 3.72. The lowest BCUT2D eigenvalue weighted by Crippen LogP contribution is -2.63. The number of amides is 2. The summed E-state index contributed by atoms with van der Waals surface area (Å²) in [4.78, 5) is 28.6. The minimum absolute atomic E-state index is 0.174. The highest BCUT2D eigenvalue weighted by Gasteiger charge is 2.48. The summed E-state index contributed by atoms with van der Waals surface area (Å²) in [7, 11) is 0. The first-order chi connectivity index (χ1) is 14.4. The number of carbonyl (C=O) groups excluding carboxylic acids is 2. The standard InChI is InChI=1S/C24H33ClN4O2/c1-16(2)11-12-26-22(31)24(6)15-29-19(13-20(27-29)23(3,4)5)21(30)28(24)14-17-9-7-8-10-18(17)25/h7-10,13,16H,11-12,14-15H2,1-6H3,(H,26,31)/t24-/m1/s1. The van der Waals surface area contributed by atoms with Crippen LogP contribution in [0.5, 0.6) is 0 Å². The van der Waals surface area contributed by atoms with Crippen LogP contribution >= 0.6 is 11.6 Å². The summed E-state index contributed by atoms with van der Waals surface area (Å²) < 4.78 is 1.69. The van der Waals surface area contributed by atoms with Crippen molar-refractivity contribution in [2.24, 2.45) is 5.92 Å². The molecule has 0 spiro atoms. The van der Waals surface area contributed by atoms with Gasteiger partial charge in [0.05, 0.1) is 12.2 Å². The van der Waals surface area contributed by atoms with E-state index in [1.165, 1.54) is 0 Å². The van der Waals surface area contributed by atoms with Crippen molar-refractivity contribution in [3.63, 3.8) is 0 Å². The number of fused-ring (bicyclic) bond motifs is 1. The van der Waals surface area contributed by atoms with E-state index in [-0.39, 0.29) is 23.8 Å². The lowest BCUT2D eigenvalue weighted by molar-refractivity contribution is -0.133. The highest BCUT2D eigenvalue weighted by molar-refractivity contribution is 6.31. The third kappa shape index (κ3) is 4.79. The number of nitrogens with zero attached hydrogens (tertiary/aromatic N) is 3. The van der Waals surface area contributed by atoms with Crippen LogP contribution in [0.25, 0.3) is 0 Å². The van der Waals surface area contributed by atoms with Crippen LogP contribution in [0, 0.1) is 5.92 Å². The monoisotopic (exact) mass is 444 g/mol. The Bertz CT molecular complexity index is 976. The van der Waals surface area contributed by atoms with Crippen LogP contribution in [0.2, 0.25) is 5.02 Å². The molecule has 1 N–H and O–H groups in total. The van der Waals surface area contributed by atoms with Crippen LogP contribution in [0.3, 0.4) is 0 Å². The fraction of sp³-hybridized carbons (Fsp3) is 0.542. The topological polar surface area (TPSA) is 67.2 Å². The van der Waals surface area contributed by atoms with Gasteiger partial charge in [-0.3, -0.25) is 14.3 Å². The molecule has 1 aliphatic rings. The average Bonchev–Trinajstić information content (AvgIpc) is 3.10. The van der Waals surface area contributed by atoms with Gasteiger partial charge in [0.15, 0.2) is 0 Å². The van der Waals surface area contributed by atoms with E-state index in [1.807, 2.05) is 31.2 Å². The largest absolute Gasteiger partial charge is 0.354 e. The molecule has 31 heavy (non-hydrogen) atoms. The maximum atomic E-state index is 13.6. The highest BCUT2D eigenvalue weighted by atomic mass is 35.5. The average molecular weight is 445 g/mol. The molecule has 0 fully saturated rings. The van der Waals surface area contributed by atoms with Crippen LogP contribution in [0.4, 0.5) is 0 Å². The highest BCUT2D eigenvalue weighted by Crippen LogP contribution is 2.32. The van der Waals surface area contributed by atoms with Gasteiger partial charge in [0, 0.05) is 23.5 Å². The summed E-state index contributed by atoms with van der Waals surface area (Å²) in [5.74, 6) is 0.0927. The molecule has 1 aromatic heterocycles. The first-order valence-corrected chi connectivity index (χ1v) is 11.2. The van der Waals surface area contributed by atoms with Gasteiger partial charge in [0.25, 0.3) is 5.91 Å². The SMILES string of the molecule is CC(C)CCNC(=O)[C@@]1(C)Cn2nc(C(C)(C)C)cc2C(=O)N1Cc1ccccc1Cl. The summed E-state index contributed by atoms with van der Waals surface area (Å²) in [6.45, 7) is 13.3. The van der Waals surface area contributed by atoms with E-state index in [0.717, 1.165) is 17.7 Å². The van der Waals surface area contributed by atoms with Gasteiger partial charge in [-0.25, -0.2) is 0 Å². The normalized spacial score (nSPS) is 19.0. The first-order valence-electron chi connectivity index (χ1n) is 10.9. The zero-order valence-corrected chi connectivity index (χ0v) is 20.1. The predicted octanol–water partition coefficient (Wildman–Crippen LogP) is 4.41. The Morgan fingerprint density at radius 2 is 1.97 bits per heavy atom. The molecule has 1 atom stereocenters. The predicted molar refractivity (Wildman–Crippen MR) is 123 cm³/mol. The molecule has 168 valence electrons. The van der Waals surface area contributed by atoms with Crippen LogP contribution < -0.4 is 5.32 Å². The number of carbonyl (C=O) groups is 2. The van der Waals surface area contributed by atoms with Crippen LogP contribution in [-0.4, -0.2) is 38.6 Å². The summed E-state index contributed by atoms with van der Waals surface area (Å²) in [6.07, 6.45) is 0.876. The molecule has 0 unspecified atom stereocenters. The first kappa shape index (κ1) is 23.3. The van der Waals surface area contributed by atoms with Crippen LogP contribution in [0.15, 0.2) is 30.3 Å². The van der Waals surface area contributed by atoms with Crippen LogP contribution in [0.1, 0.15) is 69.7 Å². The third-order valence-electron chi connectivity index (χ3n) is 5.85. The molecule has 3 rings (SSSR count). The van der Waals surface area contributed by atoms with E-state index in [9.17, 15) is 9.59 Å². The Kier molecular flexibility index (Phi) is 6.51. The minimum atomic E-state index is -1.08. The molecule has 0 saturated carbocycles. The van der Waals surface area contributed by atoms with E-state index < -0.39 is 5.54 Å². The van der Waals surface area contributed by atoms with Crippen molar-refractivity contribution in [2.45, 2.75) is 72.0 Å². The summed E-state index contributed by atoms with van der Waals surface area (Å²) in [6, 6.07) is 9.27. The number of hydrogen-bond acceptors (Lipinski definition) is 3. The van der Waals surface area contributed by atoms with Crippen molar-refractivity contribution in [1.82, 2.24) is 20.0 Å². The van der Waals surface area contributed by atoms with E-state index in [4.69, 9.17) is 11.6 Å². The van der Waals surface area contributed by atoms with Gasteiger partial charge in [0.2, 0.25) is 5.91 Å². The number of nitrogens with one attached hydrogen (secondary N) is 1. The third-order valence-corrected chi connectivity index (χ3v) is 6.22. The van der Waals surface area contributed by atoms with E-state index in [2.05, 4.69) is 45.0 Å². The van der Waals surface area contributed by atoms with Crippen molar-refractivity contribution in [3.05, 3.63) is 52.3 Å². The molecule has 0 bridgehead atoms. The second-order valence-electron chi connectivity index (χ2n) is 10.0. The lowest BCUT2D eigenvalue weighted by Gasteiger charge is -2.43. The Labute approximate surface area is 190 Å². The molecule has 2 heterocycles. The van der Waals surface area contributed by atoms with E-state index in [0.29, 0.717) is 29.7 Å². The Morgan fingerprint density at radius 1 is 1.29 bits per heavy atom. The van der Waals surface area contributed by atoms with Crippen LogP contribution in [-0.2, 0) is 23.3 Å². The van der Waals surface area contributed by atoms with Crippen molar-refractivity contribution in [2.75, 3.05) is 6.54 Å². The maximum absolute atomic E-state index is 13.6. The van der Waals surface area contributed by atoms with Gasteiger partial charge in [-0.05, 0) is 37.0 Å². The zero-order chi connectivity index (χ0) is 23.0. The molecule has 0 saturated heterocycles. The molecule has 0 radical (unpaired) electrons. The van der Waals surface area contributed by atoms with Gasteiger partial charge >= 0.3 is 0 Å². The second kappa shape index (κ2) is 8.65. The number of halogens is 1. The minimum Gasteiger partial charge on any atom is -0.354 e. The van der Waals surface area contributed by atoms with Gasteiger partial charge in [-0.1, -0.05) is 64.4 Å². The van der Waals surface area contributed by atoms with Gasteiger partial charge in [0.1, 0.15) is 11.2 Å². The molecule has 1 aliphatic heterocycles. The lowest BCUT2D eigenvalue weighted by atomic mass is 9.91. The van der Waals surface area contributed by atoms with Crippen molar-refractivity contribution >= 4 is 23.4 Å². The van der Waals surface area contributed by atoms with Crippen molar-refractivity contribution in [3.8, 4) is 0 Å². The zero-order valence-electron chi connectivity index (χ0n) is 19.3. The van der Waals surface area contributed by atoms with Gasteiger partial charge in [-0.2, -0.15) is 5.10 Å². The number of benzene rings is 1. The number of aromatic nitrogens is 2. The van der Waals surface area contributed by atoms with E-state index >= 15 is 0 Å². The molecular formula is C24H33ClN4O2. The van der Waals surface area contributed by atoms with Gasteiger partial charge < -0.3 is 10.2 Å². The van der Waals surface area contributed by atoms with E-state index in [1.54, 1.807) is 15.6 Å². The maximum Gasteiger partial charge on any atom is 0.273 e. The quantitative estimate of drug-likeness (QED) is 0.717. The summed E-state index contributed by atoms with van der Waals surface area (Å²) >= 11 is 6.39. The second-order valence-corrected chi connectivity index (χ2v) is 10.4. The molecule has 6 nitrogen and oxygen atoms in total. The fourth-order valence-corrected chi connectivity index (χ4v) is 3.91. The molecule has 2 amide bonds. The Balaban J connectivity index is 2.00. The molecule has 1 aromatic carbocycles. The molecular weight excluding hydrogens is 412 g/mol. The summed E-state index contributed by atoms with van der Waals surface area (Å²) in [5, 5.41) is 8.29. The molecule has 2 aromatic rings. The molecule has 7 heteroatoms. The smallest absolute Gasteiger partial charge is 0.273 e. The van der Waals surface area contributed by atoms with Crippen molar-refractivity contribution < 1.29 is 9.59 Å². The Morgan fingerprint density at radius 3 is 2.58 bits per heavy atom. The van der Waals surface area contributed by atoms with Gasteiger partial charge in [-0.15, -0.1) is 0 Å². The Hall–Kier alpha value is -2.34. The summed E-state index contributed by atoms with van der Waals surface area (Å²) in [5.41, 5.74) is 0.861. The van der Waals surface area contributed by atoms with Crippen molar-refractivity contribution in [1.29, 1.82) is 0 Å². The number of rotatable bonds is 6. The number of hydrogen-bond donors (Lipinski definition) is 1.